The van der Waals surface area contributed by atoms with Crippen LogP contribution in [0.5, 0.6) is 5.75 Å². The van der Waals surface area contributed by atoms with Crippen molar-refractivity contribution >= 4 is 40.7 Å². The Hall–Kier alpha value is -3.63. The first-order valence-corrected chi connectivity index (χ1v) is 11.0. The maximum absolute atomic E-state index is 12.8. The lowest BCUT2D eigenvalue weighted by Crippen LogP contribution is -2.46. The number of methoxy groups -OCH3 is 2. The molecular formula is C24H28N4O5S. The fourth-order valence-corrected chi connectivity index (χ4v) is 3.69. The lowest BCUT2D eigenvalue weighted by Gasteiger charge is -2.35. The molecule has 2 aromatic rings. The van der Waals surface area contributed by atoms with E-state index in [1.165, 1.54) is 7.11 Å². The summed E-state index contributed by atoms with van der Waals surface area (Å²) in [7, 11) is 4.87. The van der Waals surface area contributed by atoms with Crippen molar-refractivity contribution < 1.29 is 23.8 Å². The number of esters is 1. The molecule has 0 aromatic heterocycles. The SMILES string of the molecule is COCCOC(=O)C1=C(C)N(C)C(=S)N[C@H]1c1ccc(NC(=O)Nc2ccccc2OC)cc1. The first kappa shape index (κ1) is 25.0. The van der Waals surface area contributed by atoms with Crippen LogP contribution in [0.25, 0.3) is 0 Å². The molecule has 2 aromatic carbocycles. The summed E-state index contributed by atoms with van der Waals surface area (Å²) in [5.74, 6) is 0.115. The Kier molecular flexibility index (Phi) is 8.44. The van der Waals surface area contributed by atoms with Crippen LogP contribution in [0.2, 0.25) is 0 Å². The second-order valence-electron chi connectivity index (χ2n) is 7.47. The summed E-state index contributed by atoms with van der Waals surface area (Å²) < 4.78 is 15.6. The van der Waals surface area contributed by atoms with Gasteiger partial charge in [-0.05, 0) is 49.0 Å². The van der Waals surface area contributed by atoms with Gasteiger partial charge in [0.25, 0.3) is 0 Å². The van der Waals surface area contributed by atoms with Crippen molar-refractivity contribution in [2.75, 3.05) is 45.1 Å². The maximum Gasteiger partial charge on any atom is 0.338 e. The number of thiocarbonyl (C=S) groups is 1. The standard InChI is InChI=1S/C24H28N4O5S/c1-15-20(22(29)33-14-13-31-3)21(27-24(34)28(15)2)16-9-11-17(12-10-16)25-23(30)26-18-7-5-6-8-19(18)32-4/h5-12,21H,13-14H2,1-4H3,(H,27,34)(H2,25,26,30)/t21-/m0/s1. The van der Waals surface area contributed by atoms with E-state index in [0.29, 0.717) is 40.1 Å². The number of allylic oxidation sites excluding steroid dienone is 1. The van der Waals surface area contributed by atoms with E-state index < -0.39 is 18.0 Å². The zero-order valence-electron chi connectivity index (χ0n) is 19.5. The van der Waals surface area contributed by atoms with Crippen molar-refractivity contribution in [1.29, 1.82) is 0 Å². The number of ether oxygens (including phenoxy) is 3. The smallest absolute Gasteiger partial charge is 0.338 e. The number of urea groups is 1. The van der Waals surface area contributed by atoms with Crippen LogP contribution in [0, 0.1) is 0 Å². The van der Waals surface area contributed by atoms with Gasteiger partial charge < -0.3 is 35.1 Å². The van der Waals surface area contributed by atoms with E-state index in [0.717, 1.165) is 5.56 Å². The van der Waals surface area contributed by atoms with Crippen LogP contribution in [-0.2, 0) is 14.3 Å². The third-order valence-electron chi connectivity index (χ3n) is 5.35. The van der Waals surface area contributed by atoms with Gasteiger partial charge in [-0.2, -0.15) is 0 Å². The number of amides is 2. The summed E-state index contributed by atoms with van der Waals surface area (Å²) in [5.41, 5.74) is 3.09. The minimum atomic E-state index is -0.491. The molecule has 0 bridgehead atoms. The minimum Gasteiger partial charge on any atom is -0.495 e. The average molecular weight is 485 g/mol. The molecule has 0 aliphatic carbocycles. The number of anilines is 2. The molecule has 180 valence electrons. The Balaban J connectivity index is 1.75. The van der Waals surface area contributed by atoms with Crippen molar-refractivity contribution in [3.63, 3.8) is 0 Å². The Labute approximate surface area is 204 Å². The third kappa shape index (κ3) is 5.83. The summed E-state index contributed by atoms with van der Waals surface area (Å²) in [4.78, 5) is 27.0. The van der Waals surface area contributed by atoms with E-state index in [1.807, 2.05) is 25.1 Å². The summed E-state index contributed by atoms with van der Waals surface area (Å²) in [6.07, 6.45) is 0. The Morgan fingerprint density at radius 2 is 1.76 bits per heavy atom. The van der Waals surface area contributed by atoms with E-state index >= 15 is 0 Å². The van der Waals surface area contributed by atoms with Gasteiger partial charge in [0.2, 0.25) is 0 Å². The van der Waals surface area contributed by atoms with E-state index in [2.05, 4.69) is 16.0 Å². The molecule has 0 radical (unpaired) electrons. The minimum absolute atomic E-state index is 0.150. The van der Waals surface area contributed by atoms with Gasteiger partial charge in [-0.25, -0.2) is 9.59 Å². The molecule has 0 unspecified atom stereocenters. The normalized spacial score (nSPS) is 15.5. The number of hydrogen-bond acceptors (Lipinski definition) is 6. The number of carbonyl (C=O) groups is 2. The van der Waals surface area contributed by atoms with E-state index in [4.69, 9.17) is 26.4 Å². The second kappa shape index (κ2) is 11.5. The van der Waals surface area contributed by atoms with Crippen LogP contribution in [0.3, 0.4) is 0 Å². The Bertz CT molecular complexity index is 1090. The Morgan fingerprint density at radius 3 is 2.44 bits per heavy atom. The van der Waals surface area contributed by atoms with Crippen molar-refractivity contribution in [2.24, 2.45) is 0 Å². The van der Waals surface area contributed by atoms with Crippen LogP contribution in [0.1, 0.15) is 18.5 Å². The molecule has 1 heterocycles. The van der Waals surface area contributed by atoms with Gasteiger partial charge >= 0.3 is 12.0 Å². The number of hydrogen-bond donors (Lipinski definition) is 3. The number of para-hydroxylation sites is 2. The maximum atomic E-state index is 12.8. The average Bonchev–Trinajstić information content (AvgIpc) is 2.83. The molecule has 0 spiro atoms. The first-order chi connectivity index (χ1) is 16.3. The topological polar surface area (TPSA) is 101 Å². The van der Waals surface area contributed by atoms with E-state index in [-0.39, 0.29) is 6.61 Å². The quantitative estimate of drug-likeness (QED) is 0.297. The van der Waals surface area contributed by atoms with E-state index in [1.54, 1.807) is 49.4 Å². The predicted molar refractivity (Wildman–Crippen MR) is 134 cm³/mol. The van der Waals surface area contributed by atoms with Gasteiger partial charge in [-0.1, -0.05) is 24.3 Å². The molecule has 9 nitrogen and oxygen atoms in total. The first-order valence-electron chi connectivity index (χ1n) is 10.6. The summed E-state index contributed by atoms with van der Waals surface area (Å²) >= 11 is 5.43. The molecule has 1 aliphatic rings. The third-order valence-corrected chi connectivity index (χ3v) is 5.74. The van der Waals surface area contributed by atoms with Crippen LogP contribution in [-0.4, -0.2) is 56.5 Å². The van der Waals surface area contributed by atoms with Crippen LogP contribution in [0.4, 0.5) is 16.2 Å². The highest BCUT2D eigenvalue weighted by molar-refractivity contribution is 7.80. The summed E-state index contributed by atoms with van der Waals surface area (Å²) in [6, 6.07) is 13.4. The molecular weight excluding hydrogens is 456 g/mol. The molecule has 0 saturated heterocycles. The molecule has 1 atom stereocenters. The zero-order valence-corrected chi connectivity index (χ0v) is 20.3. The number of nitrogens with one attached hydrogen (secondary N) is 3. The lowest BCUT2D eigenvalue weighted by atomic mass is 9.95. The number of nitrogens with zero attached hydrogens (tertiary/aromatic N) is 1. The molecule has 34 heavy (non-hydrogen) atoms. The van der Waals surface area contributed by atoms with Crippen molar-refractivity contribution in [1.82, 2.24) is 10.2 Å². The highest BCUT2D eigenvalue weighted by Gasteiger charge is 2.33. The van der Waals surface area contributed by atoms with Crippen molar-refractivity contribution in [2.45, 2.75) is 13.0 Å². The van der Waals surface area contributed by atoms with Gasteiger partial charge in [0.05, 0.1) is 31.0 Å². The van der Waals surface area contributed by atoms with Crippen LogP contribution in [0.15, 0.2) is 59.8 Å². The van der Waals surface area contributed by atoms with Crippen molar-refractivity contribution in [3.05, 3.63) is 65.4 Å². The number of benzene rings is 2. The van der Waals surface area contributed by atoms with E-state index in [9.17, 15) is 9.59 Å². The zero-order chi connectivity index (χ0) is 24.7. The fraction of sp³-hybridized carbons (Fsp3) is 0.292. The molecule has 3 N–H and O–H groups in total. The monoisotopic (exact) mass is 484 g/mol. The highest BCUT2D eigenvalue weighted by atomic mass is 32.1. The summed E-state index contributed by atoms with van der Waals surface area (Å²) in [6.45, 7) is 2.28. The molecule has 3 rings (SSSR count). The molecule has 0 saturated carbocycles. The van der Waals surface area contributed by atoms with Crippen molar-refractivity contribution in [3.8, 4) is 5.75 Å². The lowest BCUT2D eigenvalue weighted by molar-refractivity contribution is -0.140. The molecule has 10 heteroatoms. The fourth-order valence-electron chi connectivity index (χ4n) is 3.44. The number of rotatable bonds is 8. The number of carbonyl (C=O) groups excluding carboxylic acids is 2. The van der Waals surface area contributed by atoms with Gasteiger partial charge in [-0.15, -0.1) is 0 Å². The summed E-state index contributed by atoms with van der Waals surface area (Å²) in [5, 5.41) is 9.24. The molecule has 2 amide bonds. The van der Waals surface area contributed by atoms with Gasteiger partial charge in [0.1, 0.15) is 12.4 Å². The van der Waals surface area contributed by atoms with Crippen LogP contribution < -0.4 is 20.7 Å². The predicted octanol–water partition coefficient (Wildman–Crippen LogP) is 3.66. The highest BCUT2D eigenvalue weighted by Crippen LogP contribution is 2.31. The second-order valence-corrected chi connectivity index (χ2v) is 7.86. The Morgan fingerprint density at radius 1 is 1.06 bits per heavy atom. The van der Waals surface area contributed by atoms with Crippen LogP contribution >= 0.6 is 12.2 Å². The largest absolute Gasteiger partial charge is 0.495 e. The molecule has 1 aliphatic heterocycles. The van der Waals surface area contributed by atoms with Gasteiger partial charge in [0.15, 0.2) is 5.11 Å². The van der Waals surface area contributed by atoms with Gasteiger partial charge in [0, 0.05) is 25.5 Å². The van der Waals surface area contributed by atoms with Gasteiger partial charge in [-0.3, -0.25) is 0 Å². The molecule has 0 fully saturated rings.